The molecule has 0 aliphatic carbocycles. The maximum absolute atomic E-state index is 12.2. The number of methoxy groups -OCH3 is 1. The van der Waals surface area contributed by atoms with E-state index < -0.39 is 6.10 Å². The molecule has 0 radical (unpaired) electrons. The number of likely N-dealkylation sites (N-methyl/N-ethyl adjacent to an activating group) is 1. The zero-order chi connectivity index (χ0) is 29.3. The van der Waals surface area contributed by atoms with Crippen molar-refractivity contribution in [3.8, 4) is 28.4 Å². The monoisotopic (exact) mass is 584 g/mol. The third-order valence-corrected chi connectivity index (χ3v) is 8.39. The molecule has 1 unspecified atom stereocenters. The van der Waals surface area contributed by atoms with E-state index in [1.807, 2.05) is 20.8 Å². The number of carbonyl (C=O) groups excluding carboxylic acids is 1. The Morgan fingerprint density at radius 1 is 1.22 bits per heavy atom. The predicted molar refractivity (Wildman–Crippen MR) is 155 cm³/mol. The standard InChI is InChI=1S/C29H37ClN6O5/c1-17-25(24-18(2)34-41-19(24)3)32-26(22-12-21(6-7-23(22)30)40-14-20(37)13-31-4)33-27(17)35-10-8-29(15-35)9-11-36(16-29)28(38)39-5/h6-7,12,20,31,37H,8-11,13-16H2,1-5H3/t20-,29?/m0/s1. The summed E-state index contributed by atoms with van der Waals surface area (Å²) < 4.78 is 16.3. The third kappa shape index (κ3) is 5.84. The lowest BCUT2D eigenvalue weighted by atomic mass is 9.86. The number of carbonyl (C=O) groups is 1. The number of aliphatic hydroxyl groups excluding tert-OH is 1. The first-order valence-corrected chi connectivity index (χ1v) is 14.2. The first-order valence-electron chi connectivity index (χ1n) is 13.8. The minimum atomic E-state index is -0.652. The molecule has 0 bridgehead atoms. The number of likely N-dealkylation sites (tertiary alicyclic amines) is 1. The number of anilines is 1. The molecule has 12 heteroatoms. The van der Waals surface area contributed by atoms with Crippen molar-refractivity contribution in [3.05, 3.63) is 40.2 Å². The molecule has 3 aromatic rings. The van der Waals surface area contributed by atoms with Crippen LogP contribution in [0.15, 0.2) is 22.7 Å². The highest BCUT2D eigenvalue weighted by Crippen LogP contribution is 2.43. The summed E-state index contributed by atoms with van der Waals surface area (Å²) in [5, 5.41) is 17.7. The molecule has 2 saturated heterocycles. The Kier molecular flexibility index (Phi) is 8.40. The van der Waals surface area contributed by atoms with Crippen LogP contribution < -0.4 is 15.0 Å². The topological polar surface area (TPSA) is 126 Å². The lowest BCUT2D eigenvalue weighted by Crippen LogP contribution is -2.34. The van der Waals surface area contributed by atoms with Gasteiger partial charge in [-0.25, -0.2) is 14.8 Å². The first kappa shape index (κ1) is 29.1. The van der Waals surface area contributed by atoms with Crippen molar-refractivity contribution in [2.45, 2.75) is 39.7 Å². The van der Waals surface area contributed by atoms with E-state index in [9.17, 15) is 9.90 Å². The van der Waals surface area contributed by atoms with Gasteiger partial charge in [-0.1, -0.05) is 16.8 Å². The maximum Gasteiger partial charge on any atom is 0.409 e. The van der Waals surface area contributed by atoms with E-state index in [1.165, 1.54) is 7.11 Å². The molecule has 2 aliphatic heterocycles. The SMILES string of the molecule is CNC[C@H](O)COc1ccc(Cl)c(-c2nc(-c3c(C)noc3C)c(C)c(N3CCC4(CCN(C(=O)OC)C4)C3)n2)c1. The summed E-state index contributed by atoms with van der Waals surface area (Å²) in [6.07, 6.45) is 0.924. The average Bonchev–Trinajstić information content (AvgIpc) is 3.67. The Morgan fingerprint density at radius 3 is 2.71 bits per heavy atom. The van der Waals surface area contributed by atoms with Gasteiger partial charge in [0, 0.05) is 49.3 Å². The predicted octanol–water partition coefficient (Wildman–Crippen LogP) is 4.00. The lowest BCUT2D eigenvalue weighted by molar-refractivity contribution is 0.108. The van der Waals surface area contributed by atoms with Crippen molar-refractivity contribution in [2.75, 3.05) is 58.4 Å². The van der Waals surface area contributed by atoms with Gasteiger partial charge in [0.15, 0.2) is 5.82 Å². The number of hydrogen-bond acceptors (Lipinski definition) is 10. The highest BCUT2D eigenvalue weighted by Gasteiger charge is 2.46. The van der Waals surface area contributed by atoms with E-state index >= 15 is 0 Å². The second kappa shape index (κ2) is 11.8. The molecule has 4 heterocycles. The van der Waals surface area contributed by atoms with Crippen molar-refractivity contribution >= 4 is 23.5 Å². The van der Waals surface area contributed by atoms with Crippen molar-refractivity contribution in [3.63, 3.8) is 0 Å². The van der Waals surface area contributed by atoms with Gasteiger partial charge in [0.1, 0.15) is 30.0 Å². The maximum atomic E-state index is 12.2. The Hall–Kier alpha value is -3.41. The second-order valence-electron chi connectivity index (χ2n) is 11.0. The number of hydrogen-bond donors (Lipinski definition) is 2. The highest BCUT2D eigenvalue weighted by molar-refractivity contribution is 6.33. The minimum absolute atomic E-state index is 0.0193. The van der Waals surface area contributed by atoms with E-state index in [4.69, 9.17) is 35.6 Å². The number of nitrogens with zero attached hydrogens (tertiary/aromatic N) is 5. The molecule has 220 valence electrons. The molecular weight excluding hydrogens is 548 g/mol. The van der Waals surface area contributed by atoms with E-state index in [0.29, 0.717) is 47.6 Å². The smallest absolute Gasteiger partial charge is 0.409 e. The normalized spacial score (nSPS) is 19.3. The lowest BCUT2D eigenvalue weighted by Gasteiger charge is -2.26. The summed E-state index contributed by atoms with van der Waals surface area (Å²) in [6.45, 7) is 9.25. The number of rotatable bonds is 8. The fourth-order valence-electron chi connectivity index (χ4n) is 5.92. The molecule has 2 aliphatic rings. The van der Waals surface area contributed by atoms with Gasteiger partial charge < -0.3 is 34.2 Å². The van der Waals surface area contributed by atoms with Crippen LogP contribution in [0, 0.1) is 26.2 Å². The van der Waals surface area contributed by atoms with Gasteiger partial charge in [0.05, 0.1) is 29.1 Å². The Labute approximate surface area is 244 Å². The van der Waals surface area contributed by atoms with Crippen molar-refractivity contribution in [1.29, 1.82) is 0 Å². The van der Waals surface area contributed by atoms with Crippen LogP contribution in [0.2, 0.25) is 5.02 Å². The molecule has 2 atom stereocenters. The van der Waals surface area contributed by atoms with Crippen molar-refractivity contribution in [2.24, 2.45) is 5.41 Å². The Morgan fingerprint density at radius 2 is 2.00 bits per heavy atom. The number of amides is 1. The largest absolute Gasteiger partial charge is 0.491 e. The van der Waals surface area contributed by atoms with Crippen LogP contribution in [0.3, 0.4) is 0 Å². The van der Waals surface area contributed by atoms with Crippen LogP contribution in [-0.4, -0.2) is 90.8 Å². The molecule has 11 nitrogen and oxygen atoms in total. The average molecular weight is 585 g/mol. The van der Waals surface area contributed by atoms with Crippen molar-refractivity contribution in [1.82, 2.24) is 25.3 Å². The molecule has 1 aromatic carbocycles. The zero-order valence-electron chi connectivity index (χ0n) is 24.2. The number of aliphatic hydroxyl groups is 1. The summed E-state index contributed by atoms with van der Waals surface area (Å²) in [6, 6.07) is 5.32. The fourth-order valence-corrected chi connectivity index (χ4v) is 6.12. The van der Waals surface area contributed by atoms with E-state index in [-0.39, 0.29) is 18.1 Å². The van der Waals surface area contributed by atoms with Crippen LogP contribution in [0.25, 0.3) is 22.6 Å². The zero-order valence-corrected chi connectivity index (χ0v) is 24.9. The molecule has 1 spiro atoms. The highest BCUT2D eigenvalue weighted by atomic mass is 35.5. The molecule has 41 heavy (non-hydrogen) atoms. The summed E-state index contributed by atoms with van der Waals surface area (Å²) in [5.74, 6) is 2.49. The van der Waals surface area contributed by atoms with Crippen LogP contribution in [0.4, 0.5) is 10.6 Å². The summed E-state index contributed by atoms with van der Waals surface area (Å²) in [5.41, 5.74) is 3.82. The molecule has 2 fully saturated rings. The van der Waals surface area contributed by atoms with Gasteiger partial charge in [-0.3, -0.25) is 0 Å². The number of nitrogens with one attached hydrogen (secondary N) is 1. The number of aryl methyl sites for hydroxylation is 2. The minimum Gasteiger partial charge on any atom is -0.491 e. The van der Waals surface area contributed by atoms with Gasteiger partial charge in [0.2, 0.25) is 0 Å². The van der Waals surface area contributed by atoms with Gasteiger partial charge in [-0.15, -0.1) is 0 Å². The molecule has 0 saturated carbocycles. The number of benzene rings is 1. The summed E-state index contributed by atoms with van der Waals surface area (Å²) >= 11 is 6.70. The van der Waals surface area contributed by atoms with Crippen LogP contribution >= 0.6 is 11.6 Å². The Balaban J connectivity index is 1.54. The number of aromatic nitrogens is 3. The molecule has 2 aromatic heterocycles. The van der Waals surface area contributed by atoms with Crippen molar-refractivity contribution < 1.29 is 23.9 Å². The molecular formula is C29H37ClN6O5. The molecule has 1 amide bonds. The fraction of sp³-hybridized carbons (Fsp3) is 0.517. The van der Waals surface area contributed by atoms with E-state index in [0.717, 1.165) is 54.3 Å². The van der Waals surface area contributed by atoms with E-state index in [2.05, 4.69) is 15.4 Å². The molecule has 2 N–H and O–H groups in total. The molecule has 5 rings (SSSR count). The van der Waals surface area contributed by atoms with E-state index in [1.54, 1.807) is 30.1 Å². The van der Waals surface area contributed by atoms with Gasteiger partial charge in [-0.2, -0.15) is 0 Å². The van der Waals surface area contributed by atoms with Crippen LogP contribution in [-0.2, 0) is 4.74 Å². The number of ether oxygens (including phenoxy) is 2. The third-order valence-electron chi connectivity index (χ3n) is 8.06. The van der Waals surface area contributed by atoms with Crippen LogP contribution in [0.1, 0.15) is 29.9 Å². The summed E-state index contributed by atoms with van der Waals surface area (Å²) in [7, 11) is 3.20. The van der Waals surface area contributed by atoms with Gasteiger partial charge in [-0.05, 0) is 58.9 Å². The number of halogens is 1. The Bertz CT molecular complexity index is 1410. The second-order valence-corrected chi connectivity index (χ2v) is 11.4. The van der Waals surface area contributed by atoms with Gasteiger partial charge in [0.25, 0.3) is 0 Å². The quantitative estimate of drug-likeness (QED) is 0.401. The van der Waals surface area contributed by atoms with Gasteiger partial charge >= 0.3 is 6.09 Å². The first-order chi connectivity index (χ1) is 19.6. The summed E-state index contributed by atoms with van der Waals surface area (Å²) in [4.78, 5) is 26.3. The van der Waals surface area contributed by atoms with Crippen LogP contribution in [0.5, 0.6) is 5.75 Å².